The van der Waals surface area contributed by atoms with Crippen molar-refractivity contribution in [3.05, 3.63) is 109 Å². The van der Waals surface area contributed by atoms with Crippen molar-refractivity contribution in [1.29, 1.82) is 0 Å². The van der Waals surface area contributed by atoms with Crippen LogP contribution in [0, 0.1) is 0 Å². The van der Waals surface area contributed by atoms with Crippen LogP contribution < -0.4 is 0 Å². The van der Waals surface area contributed by atoms with E-state index in [1.807, 2.05) is 54.7 Å². The Balaban J connectivity index is 4.53. The molecule has 0 aromatic carbocycles. The van der Waals surface area contributed by atoms with Crippen molar-refractivity contribution >= 4 is 17.9 Å². The zero-order chi connectivity index (χ0) is 42.3. The van der Waals surface area contributed by atoms with E-state index in [0.717, 1.165) is 96.3 Å². The number of allylic oxidation sites excluding steroid dienone is 18. The molecule has 6 heteroatoms. The van der Waals surface area contributed by atoms with Gasteiger partial charge in [0.2, 0.25) is 0 Å². The van der Waals surface area contributed by atoms with Gasteiger partial charge in [0.15, 0.2) is 6.10 Å². The molecular weight excluding hydrogens is 721 g/mol. The SMILES string of the molecule is CC\C=C/C=C\C=C/C=C\C=C/CCCC(=O)OC(COC(=O)CCCCCCC/C=C\CCCC)COC(=O)CCCCCCCC/C=C\C/C=C\C/C=C\CC. The number of rotatable bonds is 39. The number of hydrogen-bond acceptors (Lipinski definition) is 6. The van der Waals surface area contributed by atoms with Crippen LogP contribution in [0.3, 0.4) is 0 Å². The Kier molecular flexibility index (Phi) is 42.7. The largest absolute Gasteiger partial charge is 0.462 e. The van der Waals surface area contributed by atoms with Gasteiger partial charge in [0.25, 0.3) is 0 Å². The molecule has 0 fully saturated rings. The van der Waals surface area contributed by atoms with Gasteiger partial charge in [0, 0.05) is 19.3 Å². The molecule has 326 valence electrons. The number of esters is 3. The van der Waals surface area contributed by atoms with Crippen LogP contribution in [0.5, 0.6) is 0 Å². The first-order valence-electron chi connectivity index (χ1n) is 23.0. The molecule has 0 aromatic heterocycles. The maximum Gasteiger partial charge on any atom is 0.306 e. The van der Waals surface area contributed by atoms with Gasteiger partial charge in [-0.15, -0.1) is 0 Å². The van der Waals surface area contributed by atoms with Crippen LogP contribution in [0.4, 0.5) is 0 Å². The van der Waals surface area contributed by atoms with Gasteiger partial charge >= 0.3 is 17.9 Å². The third kappa shape index (κ3) is 43.2. The van der Waals surface area contributed by atoms with E-state index in [-0.39, 0.29) is 31.6 Å². The van der Waals surface area contributed by atoms with E-state index in [2.05, 4.69) is 75.5 Å². The molecule has 0 radical (unpaired) electrons. The third-order valence-electron chi connectivity index (χ3n) is 9.12. The van der Waals surface area contributed by atoms with Crippen LogP contribution in [0.2, 0.25) is 0 Å². The Hall–Kier alpha value is -3.93. The van der Waals surface area contributed by atoms with E-state index in [0.29, 0.717) is 19.3 Å². The van der Waals surface area contributed by atoms with E-state index in [9.17, 15) is 14.4 Å². The predicted molar refractivity (Wildman–Crippen MR) is 247 cm³/mol. The fourth-order valence-electron chi connectivity index (χ4n) is 5.70. The Labute approximate surface area is 355 Å². The van der Waals surface area contributed by atoms with Gasteiger partial charge in [0.05, 0.1) is 0 Å². The Bertz CT molecular complexity index is 1240. The smallest absolute Gasteiger partial charge is 0.306 e. The molecule has 0 heterocycles. The van der Waals surface area contributed by atoms with Crippen molar-refractivity contribution in [2.24, 2.45) is 0 Å². The summed E-state index contributed by atoms with van der Waals surface area (Å²) in [5.41, 5.74) is 0. The highest BCUT2D eigenvalue weighted by molar-refractivity contribution is 5.71. The van der Waals surface area contributed by atoms with Gasteiger partial charge in [0.1, 0.15) is 13.2 Å². The Morgan fingerprint density at radius 3 is 1.31 bits per heavy atom. The van der Waals surface area contributed by atoms with Gasteiger partial charge in [-0.1, -0.05) is 188 Å². The number of hydrogen-bond donors (Lipinski definition) is 0. The summed E-state index contributed by atoms with van der Waals surface area (Å²) in [6, 6.07) is 0. The molecule has 0 N–H and O–H groups in total. The van der Waals surface area contributed by atoms with Crippen molar-refractivity contribution in [1.82, 2.24) is 0 Å². The van der Waals surface area contributed by atoms with E-state index < -0.39 is 12.1 Å². The van der Waals surface area contributed by atoms with Gasteiger partial charge < -0.3 is 14.2 Å². The van der Waals surface area contributed by atoms with Crippen molar-refractivity contribution in [3.63, 3.8) is 0 Å². The van der Waals surface area contributed by atoms with Crippen LogP contribution in [0.25, 0.3) is 0 Å². The lowest BCUT2D eigenvalue weighted by molar-refractivity contribution is -0.167. The fourth-order valence-corrected chi connectivity index (χ4v) is 5.70. The second-order valence-electron chi connectivity index (χ2n) is 14.7. The van der Waals surface area contributed by atoms with Gasteiger partial charge in [-0.3, -0.25) is 14.4 Å². The maximum atomic E-state index is 12.7. The second-order valence-corrected chi connectivity index (χ2v) is 14.7. The minimum atomic E-state index is -0.824. The molecule has 0 rings (SSSR count). The summed E-state index contributed by atoms with van der Waals surface area (Å²) in [5, 5.41) is 0. The minimum absolute atomic E-state index is 0.118. The highest BCUT2D eigenvalue weighted by atomic mass is 16.6. The molecule has 0 aliphatic heterocycles. The van der Waals surface area contributed by atoms with Crippen LogP contribution in [0.1, 0.15) is 181 Å². The van der Waals surface area contributed by atoms with Gasteiger partial charge in [-0.05, 0) is 83.5 Å². The van der Waals surface area contributed by atoms with Gasteiger partial charge in [-0.25, -0.2) is 0 Å². The number of unbranched alkanes of at least 4 members (excludes halogenated alkanes) is 14. The summed E-state index contributed by atoms with van der Waals surface area (Å²) in [6.07, 6.45) is 60.8. The molecule has 1 unspecified atom stereocenters. The van der Waals surface area contributed by atoms with E-state index in [1.54, 1.807) is 0 Å². The first-order chi connectivity index (χ1) is 28.5. The molecule has 0 aromatic rings. The first-order valence-corrected chi connectivity index (χ1v) is 23.0. The molecule has 0 aliphatic carbocycles. The monoisotopic (exact) mass is 803 g/mol. The minimum Gasteiger partial charge on any atom is -0.462 e. The fraction of sp³-hybridized carbons (Fsp3) is 0.596. The molecule has 0 saturated carbocycles. The van der Waals surface area contributed by atoms with Crippen molar-refractivity contribution in [3.8, 4) is 0 Å². The Morgan fingerprint density at radius 1 is 0.379 bits per heavy atom. The molecule has 1 atom stereocenters. The molecule has 6 nitrogen and oxygen atoms in total. The summed E-state index contributed by atoms with van der Waals surface area (Å²) >= 11 is 0. The number of ether oxygens (including phenoxy) is 3. The normalized spacial score (nSPS) is 13.1. The maximum absolute atomic E-state index is 12.7. The lowest BCUT2D eigenvalue weighted by Crippen LogP contribution is -2.30. The van der Waals surface area contributed by atoms with Crippen molar-refractivity contribution in [2.75, 3.05) is 13.2 Å². The van der Waals surface area contributed by atoms with Crippen molar-refractivity contribution in [2.45, 2.75) is 187 Å². The summed E-state index contributed by atoms with van der Waals surface area (Å²) in [7, 11) is 0. The van der Waals surface area contributed by atoms with E-state index in [1.165, 1.54) is 38.5 Å². The molecular formula is C52H82O6. The zero-order valence-corrected chi connectivity index (χ0v) is 37.0. The van der Waals surface area contributed by atoms with Crippen LogP contribution in [-0.2, 0) is 28.6 Å². The molecule has 0 spiro atoms. The highest BCUT2D eigenvalue weighted by Gasteiger charge is 2.19. The number of carbonyl (C=O) groups is 3. The lowest BCUT2D eigenvalue weighted by atomic mass is 10.1. The van der Waals surface area contributed by atoms with Crippen LogP contribution in [-0.4, -0.2) is 37.2 Å². The summed E-state index contributed by atoms with van der Waals surface area (Å²) in [4.78, 5) is 37.7. The van der Waals surface area contributed by atoms with Crippen LogP contribution >= 0.6 is 0 Å². The Morgan fingerprint density at radius 2 is 0.776 bits per heavy atom. The first kappa shape index (κ1) is 54.1. The van der Waals surface area contributed by atoms with Crippen molar-refractivity contribution < 1.29 is 28.6 Å². The van der Waals surface area contributed by atoms with Gasteiger partial charge in [-0.2, -0.15) is 0 Å². The lowest BCUT2D eigenvalue weighted by Gasteiger charge is -2.18. The van der Waals surface area contributed by atoms with Crippen LogP contribution in [0.15, 0.2) is 109 Å². The molecule has 0 aliphatic rings. The third-order valence-corrected chi connectivity index (χ3v) is 9.12. The van der Waals surface area contributed by atoms with E-state index >= 15 is 0 Å². The molecule has 0 saturated heterocycles. The standard InChI is InChI=1S/C52H82O6/c1-4-7-10-13-16-19-22-24-25-26-28-30-33-36-39-42-45-51(54)57-48-49(47-56-50(53)44-41-38-35-32-29-21-18-15-12-9-6-3)58-52(55)46-43-40-37-34-31-27-23-20-17-14-11-8-5-2/h7-8,10-11,14-20,23-25,27,31,34,37,49H,4-6,9,12-13,21-22,26,28-30,32-33,35-36,38-48H2,1-3H3/b10-7-,11-8-,17-14-,18-15-,19-16-,23-20-,25-24-,31-27-,37-34-. The summed E-state index contributed by atoms with van der Waals surface area (Å²) < 4.78 is 16.6. The summed E-state index contributed by atoms with van der Waals surface area (Å²) in [6.45, 7) is 6.23. The molecule has 0 bridgehead atoms. The average molecular weight is 803 g/mol. The predicted octanol–water partition coefficient (Wildman–Crippen LogP) is 14.8. The zero-order valence-electron chi connectivity index (χ0n) is 37.0. The summed E-state index contributed by atoms with van der Waals surface area (Å²) in [5.74, 6) is -1.03. The topological polar surface area (TPSA) is 78.9 Å². The molecule has 0 amide bonds. The number of carbonyl (C=O) groups excluding carboxylic acids is 3. The average Bonchev–Trinajstić information content (AvgIpc) is 3.22. The highest BCUT2D eigenvalue weighted by Crippen LogP contribution is 2.12. The van der Waals surface area contributed by atoms with E-state index in [4.69, 9.17) is 14.2 Å². The molecule has 58 heavy (non-hydrogen) atoms. The second kappa shape index (κ2) is 45.8. The quantitative estimate of drug-likeness (QED) is 0.0202.